The second-order valence-corrected chi connectivity index (χ2v) is 5.22. The quantitative estimate of drug-likeness (QED) is 0.803. The van der Waals surface area contributed by atoms with Gasteiger partial charge in [-0.1, -0.05) is 25.8 Å². The summed E-state index contributed by atoms with van der Waals surface area (Å²) in [5.41, 5.74) is 7.91. The normalized spacial score (nSPS) is 24.6. The van der Waals surface area contributed by atoms with E-state index < -0.39 is 0 Å². The van der Waals surface area contributed by atoms with Crippen LogP contribution in [0.25, 0.3) is 0 Å². The number of nitrogens with two attached hydrogens (primary N) is 1. The number of anilines is 1. The summed E-state index contributed by atoms with van der Waals surface area (Å²) < 4.78 is 6.07. The molecule has 17 heavy (non-hydrogen) atoms. The first-order chi connectivity index (χ1) is 8.19. The van der Waals surface area contributed by atoms with Crippen molar-refractivity contribution in [1.82, 2.24) is 0 Å². The Morgan fingerprint density at radius 3 is 2.94 bits per heavy atom. The molecule has 2 heteroatoms. The van der Waals surface area contributed by atoms with E-state index in [1.54, 1.807) is 0 Å². The van der Waals surface area contributed by atoms with Crippen molar-refractivity contribution in [3.05, 3.63) is 23.8 Å². The van der Waals surface area contributed by atoms with Crippen molar-refractivity contribution in [3.63, 3.8) is 0 Å². The fourth-order valence-corrected chi connectivity index (χ4v) is 2.64. The van der Waals surface area contributed by atoms with E-state index >= 15 is 0 Å². The van der Waals surface area contributed by atoms with Gasteiger partial charge >= 0.3 is 0 Å². The summed E-state index contributed by atoms with van der Waals surface area (Å²) in [5, 5.41) is 0. The minimum atomic E-state index is 0.359. The number of rotatable bonds is 3. The molecule has 2 unspecified atom stereocenters. The van der Waals surface area contributed by atoms with E-state index in [2.05, 4.69) is 13.8 Å². The Kier molecular flexibility index (Phi) is 3.93. The number of nitrogen functional groups attached to an aromatic ring is 1. The van der Waals surface area contributed by atoms with Crippen molar-refractivity contribution >= 4 is 5.69 Å². The highest BCUT2D eigenvalue weighted by Crippen LogP contribution is 2.31. The Balaban J connectivity index is 2.02. The number of ether oxygens (including phenoxy) is 1. The van der Waals surface area contributed by atoms with E-state index in [4.69, 9.17) is 10.5 Å². The van der Waals surface area contributed by atoms with E-state index in [0.717, 1.165) is 17.4 Å². The van der Waals surface area contributed by atoms with E-state index in [1.807, 2.05) is 18.2 Å². The molecule has 2 nitrogen and oxygen atoms in total. The maximum atomic E-state index is 6.07. The third kappa shape index (κ3) is 3.15. The standard InChI is InChI=1S/C15H23NO/c1-3-12-5-4-6-13(10-12)17-15-9-11(2)7-8-14(15)16/h7-9,12-13H,3-6,10,16H2,1-2H3. The number of hydrogen-bond acceptors (Lipinski definition) is 2. The van der Waals surface area contributed by atoms with Gasteiger partial charge in [0.15, 0.2) is 0 Å². The molecule has 2 rings (SSSR count). The summed E-state index contributed by atoms with van der Waals surface area (Å²) in [5.74, 6) is 1.70. The fraction of sp³-hybridized carbons (Fsp3) is 0.600. The molecule has 2 N–H and O–H groups in total. The van der Waals surface area contributed by atoms with Crippen molar-refractivity contribution in [2.24, 2.45) is 5.92 Å². The highest BCUT2D eigenvalue weighted by atomic mass is 16.5. The zero-order chi connectivity index (χ0) is 12.3. The Bertz CT molecular complexity index is 375. The summed E-state index contributed by atoms with van der Waals surface area (Å²) in [4.78, 5) is 0. The van der Waals surface area contributed by atoms with Crippen molar-refractivity contribution < 1.29 is 4.74 Å². The minimum Gasteiger partial charge on any atom is -0.488 e. The van der Waals surface area contributed by atoms with Crippen molar-refractivity contribution in [3.8, 4) is 5.75 Å². The van der Waals surface area contributed by atoms with E-state index in [1.165, 1.54) is 37.7 Å². The number of aryl methyl sites for hydroxylation is 1. The molecule has 0 aliphatic heterocycles. The fourth-order valence-electron chi connectivity index (χ4n) is 2.64. The molecule has 1 aliphatic carbocycles. The van der Waals surface area contributed by atoms with Gasteiger partial charge in [0.1, 0.15) is 5.75 Å². The van der Waals surface area contributed by atoms with Crippen LogP contribution in [0.1, 0.15) is 44.6 Å². The highest BCUT2D eigenvalue weighted by molar-refractivity contribution is 5.53. The Morgan fingerprint density at radius 1 is 1.35 bits per heavy atom. The van der Waals surface area contributed by atoms with Gasteiger partial charge in [0, 0.05) is 0 Å². The molecule has 0 amide bonds. The first-order valence-electron chi connectivity index (χ1n) is 6.71. The molecule has 0 saturated heterocycles. The first kappa shape index (κ1) is 12.3. The molecule has 94 valence electrons. The lowest BCUT2D eigenvalue weighted by Crippen LogP contribution is -2.25. The van der Waals surface area contributed by atoms with E-state index in [9.17, 15) is 0 Å². The molecule has 1 aromatic rings. The molecule has 1 aliphatic rings. The van der Waals surface area contributed by atoms with Gasteiger partial charge in [-0.2, -0.15) is 0 Å². The summed E-state index contributed by atoms with van der Waals surface area (Å²) in [6.07, 6.45) is 6.63. The predicted octanol–water partition coefficient (Wildman–Crippen LogP) is 3.92. The lowest BCUT2D eigenvalue weighted by atomic mass is 9.85. The van der Waals surface area contributed by atoms with Crippen LogP contribution in [-0.2, 0) is 0 Å². The van der Waals surface area contributed by atoms with Crippen LogP contribution in [0, 0.1) is 12.8 Å². The SMILES string of the molecule is CCC1CCCC(Oc2cc(C)ccc2N)C1. The molecule has 2 atom stereocenters. The summed E-state index contributed by atoms with van der Waals surface area (Å²) >= 11 is 0. The van der Waals surface area contributed by atoms with Crippen LogP contribution in [0.5, 0.6) is 5.75 Å². The average Bonchev–Trinajstić information content (AvgIpc) is 2.34. The van der Waals surface area contributed by atoms with Crippen LogP contribution in [0.15, 0.2) is 18.2 Å². The predicted molar refractivity (Wildman–Crippen MR) is 72.3 cm³/mol. The maximum Gasteiger partial charge on any atom is 0.142 e. The lowest BCUT2D eigenvalue weighted by molar-refractivity contribution is 0.123. The second kappa shape index (κ2) is 5.44. The molecule has 0 spiro atoms. The number of benzene rings is 1. The lowest BCUT2D eigenvalue weighted by Gasteiger charge is -2.29. The molecule has 0 heterocycles. The smallest absolute Gasteiger partial charge is 0.142 e. The molecule has 1 saturated carbocycles. The van der Waals surface area contributed by atoms with Gasteiger partial charge in [0.05, 0.1) is 11.8 Å². The van der Waals surface area contributed by atoms with Gasteiger partial charge in [-0.15, -0.1) is 0 Å². The monoisotopic (exact) mass is 233 g/mol. The van der Waals surface area contributed by atoms with Gasteiger partial charge < -0.3 is 10.5 Å². The molecule has 0 aromatic heterocycles. The molecule has 0 radical (unpaired) electrons. The van der Waals surface area contributed by atoms with Crippen molar-refractivity contribution in [1.29, 1.82) is 0 Å². The minimum absolute atomic E-state index is 0.359. The largest absolute Gasteiger partial charge is 0.488 e. The summed E-state index contributed by atoms with van der Waals surface area (Å²) in [6, 6.07) is 6.01. The second-order valence-electron chi connectivity index (χ2n) is 5.22. The zero-order valence-corrected chi connectivity index (χ0v) is 10.9. The van der Waals surface area contributed by atoms with E-state index in [0.29, 0.717) is 6.10 Å². The molecular formula is C15H23NO. The van der Waals surface area contributed by atoms with Crippen LogP contribution >= 0.6 is 0 Å². The third-order valence-electron chi connectivity index (χ3n) is 3.77. The topological polar surface area (TPSA) is 35.2 Å². The number of hydrogen-bond donors (Lipinski definition) is 1. The van der Waals surface area contributed by atoms with Crippen LogP contribution in [-0.4, -0.2) is 6.10 Å². The Hall–Kier alpha value is -1.18. The third-order valence-corrected chi connectivity index (χ3v) is 3.77. The summed E-state index contributed by atoms with van der Waals surface area (Å²) in [6.45, 7) is 4.34. The molecular weight excluding hydrogens is 210 g/mol. The van der Waals surface area contributed by atoms with Crippen LogP contribution in [0.2, 0.25) is 0 Å². The Morgan fingerprint density at radius 2 is 2.18 bits per heavy atom. The van der Waals surface area contributed by atoms with Crippen LogP contribution in [0.3, 0.4) is 0 Å². The van der Waals surface area contributed by atoms with Gasteiger partial charge in [0.2, 0.25) is 0 Å². The average molecular weight is 233 g/mol. The van der Waals surface area contributed by atoms with Crippen molar-refractivity contribution in [2.75, 3.05) is 5.73 Å². The maximum absolute atomic E-state index is 6.07. The van der Waals surface area contributed by atoms with Gasteiger partial charge in [-0.05, 0) is 49.8 Å². The molecule has 1 fully saturated rings. The first-order valence-corrected chi connectivity index (χ1v) is 6.71. The van der Waals surface area contributed by atoms with Crippen LogP contribution < -0.4 is 10.5 Å². The van der Waals surface area contributed by atoms with Gasteiger partial charge in [0.25, 0.3) is 0 Å². The van der Waals surface area contributed by atoms with Crippen LogP contribution in [0.4, 0.5) is 5.69 Å². The molecule has 1 aromatic carbocycles. The molecule has 0 bridgehead atoms. The zero-order valence-electron chi connectivity index (χ0n) is 10.9. The van der Waals surface area contributed by atoms with Gasteiger partial charge in [-0.3, -0.25) is 0 Å². The highest BCUT2D eigenvalue weighted by Gasteiger charge is 2.22. The van der Waals surface area contributed by atoms with Crippen molar-refractivity contribution in [2.45, 2.75) is 52.1 Å². The summed E-state index contributed by atoms with van der Waals surface area (Å²) in [7, 11) is 0. The Labute approximate surface area is 104 Å². The van der Waals surface area contributed by atoms with E-state index in [-0.39, 0.29) is 0 Å². The van der Waals surface area contributed by atoms with Gasteiger partial charge in [-0.25, -0.2) is 0 Å².